The van der Waals surface area contributed by atoms with Crippen LogP contribution < -0.4 is 14.7 Å². The van der Waals surface area contributed by atoms with Gasteiger partial charge < -0.3 is 14.9 Å². The molecule has 0 bridgehead atoms. The second kappa shape index (κ2) is 10.4. The average Bonchev–Trinajstić information content (AvgIpc) is 2.72. The van der Waals surface area contributed by atoms with E-state index in [1.54, 1.807) is 16.7 Å². The van der Waals surface area contributed by atoms with Crippen molar-refractivity contribution < 1.29 is 14.7 Å². The van der Waals surface area contributed by atoms with Gasteiger partial charge in [0.25, 0.3) is 0 Å². The van der Waals surface area contributed by atoms with Gasteiger partial charge in [0.15, 0.2) is 0 Å². The summed E-state index contributed by atoms with van der Waals surface area (Å²) in [5, 5.41) is 8.88. The normalized spacial score (nSPS) is 11.6. The number of nitrogens with zero attached hydrogens (tertiary/aromatic N) is 3. The SMILES string of the molecule is CC.CN(C)c1ccc2c(c1)Sc1cc(N(C)C)ccc1N2C(=O)CCCC(=O)O. The Hall–Kier alpha value is -2.67. The van der Waals surface area contributed by atoms with Crippen LogP contribution in [0.2, 0.25) is 0 Å². The number of rotatable bonds is 6. The number of carboxylic acids is 1. The Morgan fingerprint density at radius 2 is 1.33 bits per heavy atom. The van der Waals surface area contributed by atoms with Gasteiger partial charge >= 0.3 is 5.97 Å². The fourth-order valence-corrected chi connectivity index (χ4v) is 4.24. The first-order valence-electron chi connectivity index (χ1n) is 10.1. The third-order valence-electron chi connectivity index (χ3n) is 4.65. The summed E-state index contributed by atoms with van der Waals surface area (Å²) < 4.78 is 0. The first-order chi connectivity index (χ1) is 14.3. The third kappa shape index (κ3) is 5.27. The summed E-state index contributed by atoms with van der Waals surface area (Å²) in [6.07, 6.45) is 0.516. The summed E-state index contributed by atoms with van der Waals surface area (Å²) in [4.78, 5) is 31.7. The van der Waals surface area contributed by atoms with Crippen LogP contribution in [0.5, 0.6) is 0 Å². The standard InChI is InChI=1S/C21H25N3O3S.C2H6/c1-22(2)14-8-10-16-18(12-14)28-19-13-15(23(3)4)9-11-17(19)24(16)20(25)6-5-7-21(26)27;1-2/h8-13H,5-7H2,1-4H3,(H,26,27);1-2H3. The first-order valence-corrected chi connectivity index (χ1v) is 10.9. The Kier molecular flexibility index (Phi) is 8.17. The van der Waals surface area contributed by atoms with Crippen molar-refractivity contribution in [3.63, 3.8) is 0 Å². The Morgan fingerprint density at radius 1 is 0.867 bits per heavy atom. The molecule has 1 N–H and O–H groups in total. The summed E-state index contributed by atoms with van der Waals surface area (Å²) in [5.41, 5.74) is 3.83. The van der Waals surface area contributed by atoms with E-state index in [2.05, 4.69) is 12.1 Å². The highest BCUT2D eigenvalue weighted by molar-refractivity contribution is 7.99. The number of hydrogen-bond acceptors (Lipinski definition) is 5. The van der Waals surface area contributed by atoms with E-state index in [0.29, 0.717) is 6.42 Å². The maximum absolute atomic E-state index is 13.0. The molecule has 6 nitrogen and oxygen atoms in total. The number of anilines is 4. The zero-order valence-electron chi connectivity index (χ0n) is 18.6. The molecule has 0 saturated carbocycles. The Labute approximate surface area is 183 Å². The van der Waals surface area contributed by atoms with Crippen molar-refractivity contribution in [1.29, 1.82) is 0 Å². The number of carbonyl (C=O) groups excluding carboxylic acids is 1. The largest absolute Gasteiger partial charge is 0.481 e. The van der Waals surface area contributed by atoms with Gasteiger partial charge in [-0.25, -0.2) is 0 Å². The van der Waals surface area contributed by atoms with Crippen LogP contribution in [0.25, 0.3) is 0 Å². The van der Waals surface area contributed by atoms with Crippen molar-refractivity contribution in [2.45, 2.75) is 42.9 Å². The molecule has 3 rings (SSSR count). The topological polar surface area (TPSA) is 64.1 Å². The van der Waals surface area contributed by atoms with Crippen LogP contribution in [0.1, 0.15) is 33.1 Å². The van der Waals surface area contributed by atoms with Gasteiger partial charge in [-0.2, -0.15) is 0 Å². The van der Waals surface area contributed by atoms with Gasteiger partial charge in [-0.3, -0.25) is 14.5 Å². The molecule has 0 atom stereocenters. The van der Waals surface area contributed by atoms with Crippen LogP contribution in [-0.2, 0) is 9.59 Å². The van der Waals surface area contributed by atoms with Crippen LogP contribution >= 0.6 is 11.8 Å². The van der Waals surface area contributed by atoms with Gasteiger partial charge in [-0.1, -0.05) is 25.6 Å². The van der Waals surface area contributed by atoms with Gasteiger partial charge in [0, 0.05) is 62.2 Å². The molecule has 0 saturated heterocycles. The maximum atomic E-state index is 13.0. The van der Waals surface area contributed by atoms with Gasteiger partial charge in [0.2, 0.25) is 5.91 Å². The molecule has 0 aliphatic carbocycles. The van der Waals surface area contributed by atoms with E-state index < -0.39 is 5.97 Å². The fraction of sp³-hybridized carbons (Fsp3) is 0.391. The van der Waals surface area contributed by atoms with Crippen LogP contribution in [-0.4, -0.2) is 45.2 Å². The van der Waals surface area contributed by atoms with Crippen molar-refractivity contribution in [2.24, 2.45) is 0 Å². The Balaban J connectivity index is 0.00000155. The molecule has 1 aliphatic heterocycles. The minimum Gasteiger partial charge on any atom is -0.481 e. The molecule has 7 heteroatoms. The summed E-state index contributed by atoms with van der Waals surface area (Å²) in [7, 11) is 7.95. The number of aliphatic carboxylic acids is 1. The lowest BCUT2D eigenvalue weighted by atomic mass is 10.1. The van der Waals surface area contributed by atoms with E-state index in [1.165, 1.54) is 0 Å². The number of fused-ring (bicyclic) bond motifs is 2. The Morgan fingerprint density at radius 3 is 1.73 bits per heavy atom. The van der Waals surface area contributed by atoms with Gasteiger partial charge in [0.05, 0.1) is 11.4 Å². The molecule has 30 heavy (non-hydrogen) atoms. The highest BCUT2D eigenvalue weighted by Gasteiger charge is 2.29. The molecule has 1 heterocycles. The highest BCUT2D eigenvalue weighted by atomic mass is 32.2. The van der Waals surface area contributed by atoms with Crippen LogP contribution in [0.15, 0.2) is 46.2 Å². The van der Waals surface area contributed by atoms with Crippen molar-refractivity contribution in [2.75, 3.05) is 42.9 Å². The molecule has 1 amide bonds. The molecule has 162 valence electrons. The second-order valence-corrected chi connectivity index (χ2v) is 8.26. The van der Waals surface area contributed by atoms with Crippen molar-refractivity contribution >= 4 is 46.4 Å². The van der Waals surface area contributed by atoms with Gasteiger partial charge in [-0.05, 0) is 42.8 Å². The van der Waals surface area contributed by atoms with E-state index in [0.717, 1.165) is 32.5 Å². The highest BCUT2D eigenvalue weighted by Crippen LogP contribution is 2.50. The summed E-state index contributed by atoms with van der Waals surface area (Å²) in [6.45, 7) is 4.00. The van der Waals surface area contributed by atoms with Crippen molar-refractivity contribution in [1.82, 2.24) is 0 Å². The summed E-state index contributed by atoms with van der Waals surface area (Å²) in [6, 6.07) is 12.1. The molecule has 0 fully saturated rings. The number of benzene rings is 2. The van der Waals surface area contributed by atoms with Gasteiger partial charge in [-0.15, -0.1) is 0 Å². The van der Waals surface area contributed by atoms with Gasteiger partial charge in [0.1, 0.15) is 0 Å². The number of carbonyl (C=O) groups is 2. The predicted octanol–water partition coefficient (Wildman–Crippen LogP) is 5.23. The zero-order chi connectivity index (χ0) is 22.4. The van der Waals surface area contributed by atoms with E-state index in [-0.39, 0.29) is 18.7 Å². The molecular formula is C23H31N3O3S. The molecule has 2 aromatic rings. The molecule has 0 spiro atoms. The smallest absolute Gasteiger partial charge is 0.303 e. The Bertz CT molecular complexity index is 855. The number of hydrogen-bond donors (Lipinski definition) is 1. The van der Waals surface area contributed by atoms with E-state index >= 15 is 0 Å². The number of amides is 1. The lowest BCUT2D eigenvalue weighted by molar-refractivity contribution is -0.137. The minimum absolute atomic E-state index is 0.00677. The fourth-order valence-electron chi connectivity index (χ4n) is 3.11. The van der Waals surface area contributed by atoms with E-state index in [1.807, 2.05) is 76.1 Å². The summed E-state index contributed by atoms with van der Waals surface area (Å²) in [5.74, 6) is -0.965. The third-order valence-corrected chi connectivity index (χ3v) is 5.75. The first kappa shape index (κ1) is 23.6. The number of carboxylic acid groups (broad SMARTS) is 1. The van der Waals surface area contributed by atoms with E-state index in [9.17, 15) is 9.59 Å². The summed E-state index contributed by atoms with van der Waals surface area (Å²) >= 11 is 1.65. The quantitative estimate of drug-likeness (QED) is 0.678. The van der Waals surface area contributed by atoms with Crippen LogP contribution in [0, 0.1) is 0 Å². The predicted molar refractivity (Wildman–Crippen MR) is 126 cm³/mol. The maximum Gasteiger partial charge on any atom is 0.303 e. The van der Waals surface area contributed by atoms with Crippen molar-refractivity contribution in [3.05, 3.63) is 36.4 Å². The molecule has 1 aliphatic rings. The molecule has 0 aromatic heterocycles. The molecule has 0 unspecified atom stereocenters. The zero-order valence-corrected chi connectivity index (χ0v) is 19.4. The monoisotopic (exact) mass is 429 g/mol. The van der Waals surface area contributed by atoms with E-state index in [4.69, 9.17) is 5.11 Å². The molecule has 2 aromatic carbocycles. The second-order valence-electron chi connectivity index (χ2n) is 7.17. The average molecular weight is 430 g/mol. The van der Waals surface area contributed by atoms with Crippen LogP contribution in [0.4, 0.5) is 22.7 Å². The lowest BCUT2D eigenvalue weighted by Gasteiger charge is -2.32. The van der Waals surface area contributed by atoms with Crippen molar-refractivity contribution in [3.8, 4) is 0 Å². The molecular weight excluding hydrogens is 398 g/mol. The minimum atomic E-state index is -0.881. The molecule has 0 radical (unpaired) electrons. The lowest BCUT2D eigenvalue weighted by Crippen LogP contribution is -2.28. The van der Waals surface area contributed by atoms with Crippen LogP contribution in [0.3, 0.4) is 0 Å².